The van der Waals surface area contributed by atoms with Crippen molar-refractivity contribution < 1.29 is 9.09 Å². The van der Waals surface area contributed by atoms with Gasteiger partial charge in [0.15, 0.2) is 0 Å². The maximum Gasteiger partial charge on any atom is 0.272 e. The minimum atomic E-state index is -2.59. The van der Waals surface area contributed by atoms with E-state index in [0.717, 1.165) is 5.56 Å². The average molecular weight is 239 g/mol. The summed E-state index contributed by atoms with van der Waals surface area (Å²) in [5, 5.41) is 0. The lowest BCUT2D eigenvalue weighted by Gasteiger charge is -2.19. The second-order valence-corrected chi connectivity index (χ2v) is 6.95. The minimum absolute atomic E-state index is 0.0722. The molecule has 0 bridgehead atoms. The molecule has 16 heavy (non-hydrogen) atoms. The number of hydrogen-bond acceptors (Lipinski definition) is 2. The van der Waals surface area contributed by atoms with E-state index in [1.54, 1.807) is 0 Å². The Balaban J connectivity index is 2.30. The molecule has 4 heteroatoms. The van der Waals surface area contributed by atoms with E-state index in [4.69, 9.17) is 4.52 Å². The van der Waals surface area contributed by atoms with E-state index < -0.39 is 7.52 Å². The zero-order valence-corrected chi connectivity index (χ0v) is 10.9. The van der Waals surface area contributed by atoms with Crippen LogP contribution in [0.5, 0.6) is 0 Å². The Morgan fingerprint density at radius 2 is 2.00 bits per heavy atom. The van der Waals surface area contributed by atoms with Crippen LogP contribution in [0.15, 0.2) is 30.3 Å². The summed E-state index contributed by atoms with van der Waals surface area (Å²) < 4.78 is 20.1. The largest absolute Gasteiger partial charge is 0.308 e. The van der Waals surface area contributed by atoms with Gasteiger partial charge in [-0.3, -0.25) is 4.57 Å². The molecule has 1 aromatic rings. The van der Waals surface area contributed by atoms with Crippen LogP contribution in [0.25, 0.3) is 0 Å². The van der Waals surface area contributed by atoms with Crippen LogP contribution in [0.1, 0.15) is 25.5 Å². The predicted molar refractivity (Wildman–Crippen MR) is 65.6 cm³/mol. The Bertz CT molecular complexity index is 407. The smallest absolute Gasteiger partial charge is 0.272 e. The SMILES string of the molecule is CC[P@@]1(=O)O[C@H](c2ccccc2)[C@@H](C)N1C. The number of rotatable bonds is 2. The van der Waals surface area contributed by atoms with Gasteiger partial charge >= 0.3 is 0 Å². The van der Waals surface area contributed by atoms with Gasteiger partial charge in [0.05, 0.1) is 0 Å². The van der Waals surface area contributed by atoms with E-state index >= 15 is 0 Å². The topological polar surface area (TPSA) is 29.5 Å². The summed E-state index contributed by atoms with van der Waals surface area (Å²) in [6, 6.07) is 10.2. The summed E-state index contributed by atoms with van der Waals surface area (Å²) in [7, 11) is -0.700. The van der Waals surface area contributed by atoms with Crippen LogP contribution >= 0.6 is 7.52 Å². The zero-order chi connectivity index (χ0) is 11.8. The molecule has 1 heterocycles. The molecule has 0 radical (unpaired) electrons. The number of hydrogen-bond donors (Lipinski definition) is 0. The summed E-state index contributed by atoms with van der Waals surface area (Å²) >= 11 is 0. The highest BCUT2D eigenvalue weighted by Crippen LogP contribution is 2.61. The molecule has 3 atom stereocenters. The summed E-state index contributed by atoms with van der Waals surface area (Å²) in [5.41, 5.74) is 1.10. The molecular weight excluding hydrogens is 221 g/mol. The van der Waals surface area contributed by atoms with Gasteiger partial charge in [0.25, 0.3) is 7.52 Å². The first-order valence-corrected chi connectivity index (χ1v) is 7.40. The van der Waals surface area contributed by atoms with Gasteiger partial charge in [0, 0.05) is 12.2 Å². The van der Waals surface area contributed by atoms with Crippen LogP contribution in [0.3, 0.4) is 0 Å². The zero-order valence-electron chi connectivity index (χ0n) is 9.96. The first kappa shape index (κ1) is 11.8. The van der Waals surface area contributed by atoms with Crippen molar-refractivity contribution in [3.63, 3.8) is 0 Å². The van der Waals surface area contributed by atoms with Crippen LogP contribution in [0.4, 0.5) is 0 Å². The van der Waals surface area contributed by atoms with Crippen molar-refractivity contribution in [2.24, 2.45) is 0 Å². The molecule has 1 aromatic carbocycles. The fraction of sp³-hybridized carbons (Fsp3) is 0.500. The Hall–Kier alpha value is -0.630. The second-order valence-electron chi connectivity index (χ2n) is 4.20. The molecule has 0 saturated carbocycles. The highest BCUT2D eigenvalue weighted by molar-refractivity contribution is 7.56. The van der Waals surface area contributed by atoms with Crippen molar-refractivity contribution in [1.82, 2.24) is 4.67 Å². The molecule has 2 rings (SSSR count). The standard InChI is InChI=1S/C12H18NO2P/c1-4-16(14)13(3)10(2)12(15-16)11-8-6-5-7-9-11/h5-10,12H,4H2,1-3H3/t10-,12+,16-/m1/s1. The van der Waals surface area contributed by atoms with Crippen LogP contribution in [0, 0.1) is 0 Å². The molecular formula is C12H18NO2P. The Kier molecular flexibility index (Phi) is 3.20. The lowest BCUT2D eigenvalue weighted by molar-refractivity contribution is 0.210. The molecule has 88 valence electrons. The van der Waals surface area contributed by atoms with Gasteiger partial charge in [-0.1, -0.05) is 37.3 Å². The van der Waals surface area contributed by atoms with Crippen LogP contribution in [-0.2, 0) is 9.09 Å². The number of likely N-dealkylation sites (N-methyl/N-ethyl adjacent to an activating group) is 1. The third kappa shape index (κ3) is 1.84. The first-order chi connectivity index (χ1) is 7.58. The number of benzene rings is 1. The Morgan fingerprint density at radius 1 is 1.38 bits per heavy atom. The molecule has 1 saturated heterocycles. The van der Waals surface area contributed by atoms with Crippen LogP contribution < -0.4 is 0 Å². The predicted octanol–water partition coefficient (Wildman–Crippen LogP) is 3.29. The summed E-state index contributed by atoms with van der Waals surface area (Å²) in [5.74, 6) is 0. The quantitative estimate of drug-likeness (QED) is 0.742. The third-order valence-electron chi connectivity index (χ3n) is 3.31. The monoisotopic (exact) mass is 239 g/mol. The van der Waals surface area contributed by atoms with Crippen LogP contribution in [0.2, 0.25) is 0 Å². The molecule has 1 aliphatic rings. The summed E-state index contributed by atoms with van der Waals surface area (Å²) in [6.45, 7) is 3.98. The van der Waals surface area contributed by atoms with Gasteiger partial charge in [-0.05, 0) is 19.5 Å². The lowest BCUT2D eigenvalue weighted by atomic mass is 10.0. The molecule has 0 amide bonds. The summed E-state index contributed by atoms with van der Waals surface area (Å²) in [6.07, 6.45) is 0.494. The molecule has 0 aliphatic carbocycles. The fourth-order valence-electron chi connectivity index (χ4n) is 2.09. The van der Waals surface area contributed by atoms with Gasteiger partial charge in [-0.2, -0.15) is 0 Å². The highest BCUT2D eigenvalue weighted by Gasteiger charge is 2.44. The first-order valence-electron chi connectivity index (χ1n) is 5.64. The van der Waals surface area contributed by atoms with Crippen molar-refractivity contribution in [2.75, 3.05) is 13.2 Å². The van der Waals surface area contributed by atoms with Gasteiger partial charge in [0.2, 0.25) is 0 Å². The maximum absolute atomic E-state index is 12.4. The normalized spacial score (nSPS) is 35.4. The highest BCUT2D eigenvalue weighted by atomic mass is 31.2. The van der Waals surface area contributed by atoms with Crippen molar-refractivity contribution in [3.8, 4) is 0 Å². The molecule has 1 fully saturated rings. The van der Waals surface area contributed by atoms with Gasteiger partial charge in [-0.15, -0.1) is 0 Å². The van der Waals surface area contributed by atoms with E-state index in [1.165, 1.54) is 0 Å². The van der Waals surface area contributed by atoms with E-state index in [9.17, 15) is 4.57 Å². The Morgan fingerprint density at radius 3 is 2.50 bits per heavy atom. The van der Waals surface area contributed by atoms with Crippen LogP contribution in [-0.4, -0.2) is 23.9 Å². The fourth-order valence-corrected chi connectivity index (χ4v) is 4.17. The third-order valence-corrected chi connectivity index (χ3v) is 6.00. The molecule has 1 aliphatic heterocycles. The van der Waals surface area contributed by atoms with E-state index in [1.807, 2.05) is 49.0 Å². The summed E-state index contributed by atoms with van der Waals surface area (Å²) in [4.78, 5) is 0. The molecule has 3 nitrogen and oxygen atoms in total. The molecule has 0 aromatic heterocycles. The number of nitrogens with zero attached hydrogens (tertiary/aromatic N) is 1. The molecule has 0 unspecified atom stereocenters. The van der Waals surface area contributed by atoms with Crippen molar-refractivity contribution in [3.05, 3.63) is 35.9 Å². The van der Waals surface area contributed by atoms with Gasteiger partial charge in [-0.25, -0.2) is 4.67 Å². The maximum atomic E-state index is 12.4. The van der Waals surface area contributed by atoms with E-state index in [0.29, 0.717) is 6.16 Å². The second kappa shape index (κ2) is 4.33. The molecule has 0 N–H and O–H groups in total. The van der Waals surface area contributed by atoms with E-state index in [2.05, 4.69) is 6.92 Å². The lowest BCUT2D eigenvalue weighted by Crippen LogP contribution is -2.23. The average Bonchev–Trinajstić information content (AvgIpc) is 2.56. The Labute approximate surface area is 96.9 Å². The van der Waals surface area contributed by atoms with Gasteiger partial charge in [0.1, 0.15) is 6.10 Å². The van der Waals surface area contributed by atoms with Crippen molar-refractivity contribution in [1.29, 1.82) is 0 Å². The van der Waals surface area contributed by atoms with Crippen molar-refractivity contribution >= 4 is 7.52 Å². The minimum Gasteiger partial charge on any atom is -0.308 e. The van der Waals surface area contributed by atoms with Gasteiger partial charge < -0.3 is 4.52 Å². The van der Waals surface area contributed by atoms with E-state index in [-0.39, 0.29) is 12.1 Å². The molecule has 0 spiro atoms. The van der Waals surface area contributed by atoms with Crippen molar-refractivity contribution in [2.45, 2.75) is 26.0 Å².